The molecule has 0 heterocycles. The van der Waals surface area contributed by atoms with Gasteiger partial charge < -0.3 is 20.5 Å². The Morgan fingerprint density at radius 1 is 1.47 bits per heavy atom. The number of amides is 2. The van der Waals surface area contributed by atoms with Crippen molar-refractivity contribution in [2.75, 3.05) is 26.9 Å². The summed E-state index contributed by atoms with van der Waals surface area (Å²) >= 11 is 0. The number of methoxy groups -OCH3 is 1. The lowest BCUT2D eigenvalue weighted by atomic mass is 10.1. The average Bonchev–Trinajstić information content (AvgIpc) is 2.23. The van der Waals surface area contributed by atoms with Gasteiger partial charge in [0, 0.05) is 32.9 Å². The maximum absolute atomic E-state index is 11.3. The third-order valence-corrected chi connectivity index (χ3v) is 2.31. The molecular formula is C10H22N2O3. The highest BCUT2D eigenvalue weighted by atomic mass is 16.5. The summed E-state index contributed by atoms with van der Waals surface area (Å²) in [7, 11) is 1.63. The lowest BCUT2D eigenvalue weighted by Gasteiger charge is -2.19. The fourth-order valence-corrected chi connectivity index (χ4v) is 0.977. The second-order valence-corrected chi connectivity index (χ2v) is 3.70. The van der Waals surface area contributed by atoms with Crippen molar-refractivity contribution < 1.29 is 14.6 Å². The number of aliphatic hydroxyl groups excluding tert-OH is 1. The normalized spacial score (nSPS) is 14.4. The summed E-state index contributed by atoms with van der Waals surface area (Å²) in [5.74, 6) is 0.0646. The maximum atomic E-state index is 11.3. The molecule has 0 aromatic heterocycles. The molecule has 0 fully saturated rings. The van der Waals surface area contributed by atoms with Crippen LogP contribution in [0.5, 0.6) is 0 Å². The van der Waals surface area contributed by atoms with E-state index in [0.717, 1.165) is 6.42 Å². The molecule has 15 heavy (non-hydrogen) atoms. The monoisotopic (exact) mass is 218 g/mol. The maximum Gasteiger partial charge on any atom is 0.315 e. The topological polar surface area (TPSA) is 70.6 Å². The Morgan fingerprint density at radius 2 is 2.13 bits per heavy atom. The third kappa shape index (κ3) is 7.16. The van der Waals surface area contributed by atoms with Crippen molar-refractivity contribution in [3.8, 4) is 0 Å². The van der Waals surface area contributed by atoms with E-state index < -0.39 is 0 Å². The van der Waals surface area contributed by atoms with Crippen LogP contribution in [0.25, 0.3) is 0 Å². The number of aliphatic hydroxyl groups is 1. The number of carbonyl (C=O) groups is 1. The summed E-state index contributed by atoms with van der Waals surface area (Å²) in [6.07, 6.45) is 0.799. The molecular weight excluding hydrogens is 196 g/mol. The van der Waals surface area contributed by atoms with E-state index in [2.05, 4.69) is 10.6 Å². The fourth-order valence-electron chi connectivity index (χ4n) is 0.977. The number of ether oxygens (including phenoxy) is 1. The highest BCUT2D eigenvalue weighted by Crippen LogP contribution is 1.99. The first-order valence-corrected chi connectivity index (χ1v) is 5.26. The molecule has 2 amide bonds. The van der Waals surface area contributed by atoms with Crippen LogP contribution in [0.2, 0.25) is 0 Å². The summed E-state index contributed by atoms with van der Waals surface area (Å²) < 4.78 is 4.86. The Balaban J connectivity index is 3.55. The minimum atomic E-state index is -0.195. The highest BCUT2D eigenvalue weighted by Gasteiger charge is 2.12. The van der Waals surface area contributed by atoms with Gasteiger partial charge in [0.25, 0.3) is 0 Å². The van der Waals surface area contributed by atoms with Gasteiger partial charge in [-0.05, 0) is 19.3 Å². The average molecular weight is 218 g/mol. The van der Waals surface area contributed by atoms with Crippen LogP contribution in [0.15, 0.2) is 0 Å². The van der Waals surface area contributed by atoms with Gasteiger partial charge in [-0.15, -0.1) is 0 Å². The summed E-state index contributed by atoms with van der Waals surface area (Å²) in [5.41, 5.74) is 0. The molecule has 2 atom stereocenters. The van der Waals surface area contributed by atoms with E-state index in [1.165, 1.54) is 0 Å². The summed E-state index contributed by atoms with van der Waals surface area (Å²) in [6.45, 7) is 5.07. The first-order chi connectivity index (χ1) is 7.11. The van der Waals surface area contributed by atoms with Crippen molar-refractivity contribution in [3.05, 3.63) is 0 Å². The van der Waals surface area contributed by atoms with Crippen molar-refractivity contribution in [1.82, 2.24) is 10.6 Å². The van der Waals surface area contributed by atoms with Gasteiger partial charge >= 0.3 is 6.03 Å². The van der Waals surface area contributed by atoms with Crippen molar-refractivity contribution in [2.45, 2.75) is 26.3 Å². The van der Waals surface area contributed by atoms with Gasteiger partial charge in [0.15, 0.2) is 0 Å². The second-order valence-electron chi connectivity index (χ2n) is 3.70. The zero-order valence-corrected chi connectivity index (χ0v) is 9.75. The zero-order chi connectivity index (χ0) is 11.7. The summed E-state index contributed by atoms with van der Waals surface area (Å²) in [4.78, 5) is 11.3. The van der Waals surface area contributed by atoms with E-state index >= 15 is 0 Å². The van der Waals surface area contributed by atoms with Gasteiger partial charge in [-0.2, -0.15) is 0 Å². The number of rotatable bonds is 7. The lowest BCUT2D eigenvalue weighted by Crippen LogP contribution is -2.44. The molecule has 5 heteroatoms. The van der Waals surface area contributed by atoms with Gasteiger partial charge in [-0.3, -0.25) is 0 Å². The largest absolute Gasteiger partial charge is 0.396 e. The van der Waals surface area contributed by atoms with Crippen LogP contribution in [-0.2, 0) is 4.74 Å². The molecule has 2 unspecified atom stereocenters. The molecule has 0 spiro atoms. The van der Waals surface area contributed by atoms with Crippen molar-refractivity contribution in [2.24, 2.45) is 5.92 Å². The lowest BCUT2D eigenvalue weighted by molar-refractivity contribution is 0.190. The van der Waals surface area contributed by atoms with Crippen LogP contribution in [0.1, 0.15) is 20.3 Å². The molecule has 0 rings (SSSR count). The van der Waals surface area contributed by atoms with Crippen molar-refractivity contribution in [1.29, 1.82) is 0 Å². The Kier molecular flexibility index (Phi) is 8.04. The smallest absolute Gasteiger partial charge is 0.315 e. The Labute approximate surface area is 91.2 Å². The van der Waals surface area contributed by atoms with Gasteiger partial charge in [0.1, 0.15) is 0 Å². The van der Waals surface area contributed by atoms with E-state index in [4.69, 9.17) is 9.84 Å². The Morgan fingerprint density at radius 3 is 2.67 bits per heavy atom. The molecule has 0 bridgehead atoms. The number of carbonyl (C=O) groups excluding carboxylic acids is 1. The predicted octanol–water partition coefficient (Wildman–Crippen LogP) is 0.339. The molecule has 0 aromatic rings. The SMILES string of the molecule is COCCCNC(=O)NC(C)C(C)CO. The van der Waals surface area contributed by atoms with E-state index in [9.17, 15) is 4.79 Å². The quantitative estimate of drug-likeness (QED) is 0.540. The van der Waals surface area contributed by atoms with E-state index in [1.807, 2.05) is 13.8 Å². The van der Waals surface area contributed by atoms with Crippen LogP contribution < -0.4 is 10.6 Å². The predicted molar refractivity (Wildman–Crippen MR) is 58.7 cm³/mol. The molecule has 5 nitrogen and oxygen atoms in total. The van der Waals surface area contributed by atoms with Crippen LogP contribution >= 0.6 is 0 Å². The van der Waals surface area contributed by atoms with Crippen LogP contribution in [0.4, 0.5) is 4.79 Å². The molecule has 0 aliphatic rings. The number of urea groups is 1. The molecule has 90 valence electrons. The van der Waals surface area contributed by atoms with Gasteiger partial charge in [-0.1, -0.05) is 6.92 Å². The molecule has 0 aromatic carbocycles. The van der Waals surface area contributed by atoms with Crippen molar-refractivity contribution in [3.63, 3.8) is 0 Å². The van der Waals surface area contributed by atoms with E-state index in [-0.39, 0.29) is 24.6 Å². The summed E-state index contributed by atoms with van der Waals surface area (Å²) in [5, 5.41) is 14.3. The van der Waals surface area contributed by atoms with Crippen LogP contribution in [0, 0.1) is 5.92 Å². The molecule has 0 aliphatic carbocycles. The highest BCUT2D eigenvalue weighted by molar-refractivity contribution is 5.74. The standard InChI is InChI=1S/C10H22N2O3/c1-8(7-13)9(2)12-10(14)11-5-4-6-15-3/h8-9,13H,4-7H2,1-3H3,(H2,11,12,14). The Bertz CT molecular complexity index is 176. The Hall–Kier alpha value is -0.810. The van der Waals surface area contributed by atoms with Gasteiger partial charge in [0.05, 0.1) is 0 Å². The minimum absolute atomic E-state index is 0.0302. The van der Waals surface area contributed by atoms with Crippen LogP contribution in [-0.4, -0.2) is 44.0 Å². The molecule has 0 radical (unpaired) electrons. The first-order valence-electron chi connectivity index (χ1n) is 5.26. The second kappa shape index (κ2) is 8.49. The number of hydrogen-bond acceptors (Lipinski definition) is 3. The van der Waals surface area contributed by atoms with E-state index in [0.29, 0.717) is 13.2 Å². The van der Waals surface area contributed by atoms with Gasteiger partial charge in [-0.25, -0.2) is 4.79 Å². The van der Waals surface area contributed by atoms with E-state index in [1.54, 1.807) is 7.11 Å². The number of nitrogens with one attached hydrogen (secondary N) is 2. The number of hydrogen-bond donors (Lipinski definition) is 3. The first kappa shape index (κ1) is 14.2. The minimum Gasteiger partial charge on any atom is -0.396 e. The fraction of sp³-hybridized carbons (Fsp3) is 0.900. The summed E-state index contributed by atoms with van der Waals surface area (Å²) in [6, 6.07) is -0.226. The molecule has 0 saturated carbocycles. The molecule has 0 saturated heterocycles. The zero-order valence-electron chi connectivity index (χ0n) is 9.75. The molecule has 0 aliphatic heterocycles. The molecule has 3 N–H and O–H groups in total. The third-order valence-electron chi connectivity index (χ3n) is 2.31. The van der Waals surface area contributed by atoms with Crippen molar-refractivity contribution >= 4 is 6.03 Å². The van der Waals surface area contributed by atoms with Gasteiger partial charge in [0.2, 0.25) is 0 Å². The van der Waals surface area contributed by atoms with Crippen LogP contribution in [0.3, 0.4) is 0 Å².